The highest BCUT2D eigenvalue weighted by atomic mass is 32.2. The summed E-state index contributed by atoms with van der Waals surface area (Å²) < 4.78 is 16.1. The lowest BCUT2D eigenvalue weighted by atomic mass is 10.0. The Bertz CT molecular complexity index is 470. The van der Waals surface area contributed by atoms with Gasteiger partial charge in [-0.2, -0.15) is 11.8 Å². The number of carbonyl (C=O) groups excluding carboxylic acids is 2. The highest BCUT2D eigenvalue weighted by Gasteiger charge is 2.42. The summed E-state index contributed by atoms with van der Waals surface area (Å²) in [5.74, 6) is 1.05. The van der Waals surface area contributed by atoms with Crippen LogP contribution in [0.2, 0.25) is 0 Å². The largest absolute Gasteiger partial charge is 0.379 e. The molecule has 3 atom stereocenters. The molecule has 30 heavy (non-hydrogen) atoms. The molecular formula is C21H41N3O5S. The number of rotatable bonds is 16. The number of hydrogen-bond acceptors (Lipinski definition) is 6. The molecule has 2 aliphatic heterocycles. The van der Waals surface area contributed by atoms with E-state index < -0.39 is 0 Å². The van der Waals surface area contributed by atoms with Gasteiger partial charge in [-0.1, -0.05) is 27.2 Å². The monoisotopic (exact) mass is 447 g/mol. The average Bonchev–Trinajstić information content (AvgIpc) is 3.30. The molecule has 0 aromatic carbocycles. The minimum atomic E-state index is -0.0468. The smallest absolute Gasteiger partial charge is 0.315 e. The Morgan fingerprint density at radius 1 is 1.03 bits per heavy atom. The summed E-state index contributed by atoms with van der Waals surface area (Å²) in [7, 11) is 0. The van der Waals surface area contributed by atoms with Gasteiger partial charge in [-0.25, -0.2) is 4.79 Å². The van der Waals surface area contributed by atoms with Crippen molar-refractivity contribution in [2.75, 3.05) is 51.9 Å². The number of carbonyl (C=O) groups is 2. The average molecular weight is 448 g/mol. The van der Waals surface area contributed by atoms with Crippen LogP contribution in [0.3, 0.4) is 0 Å². The van der Waals surface area contributed by atoms with Crippen molar-refractivity contribution < 1.29 is 23.8 Å². The van der Waals surface area contributed by atoms with Crippen molar-refractivity contribution in [2.45, 2.75) is 70.2 Å². The molecule has 8 nitrogen and oxygen atoms in total. The second kappa shape index (κ2) is 17.6. The summed E-state index contributed by atoms with van der Waals surface area (Å²) in [5.41, 5.74) is 0. The molecule has 0 spiro atoms. The van der Waals surface area contributed by atoms with Crippen molar-refractivity contribution in [3.05, 3.63) is 0 Å². The number of fused-ring (bicyclic) bond motifs is 1. The lowest BCUT2D eigenvalue weighted by molar-refractivity contribution is -0.121. The summed E-state index contributed by atoms with van der Waals surface area (Å²) in [6.07, 6.45) is 4.47. The van der Waals surface area contributed by atoms with Gasteiger partial charge in [-0.3, -0.25) is 4.79 Å². The Hall–Kier alpha value is -1.03. The van der Waals surface area contributed by atoms with Gasteiger partial charge in [0.05, 0.1) is 45.1 Å². The fraction of sp³-hybridized carbons (Fsp3) is 0.905. The van der Waals surface area contributed by atoms with Crippen LogP contribution in [-0.2, 0) is 19.0 Å². The van der Waals surface area contributed by atoms with Crippen molar-refractivity contribution in [3.63, 3.8) is 0 Å². The van der Waals surface area contributed by atoms with Gasteiger partial charge in [-0.05, 0) is 19.3 Å². The molecule has 0 aromatic heterocycles. The van der Waals surface area contributed by atoms with Crippen LogP contribution < -0.4 is 16.0 Å². The molecule has 2 rings (SSSR count). The highest BCUT2D eigenvalue weighted by Crippen LogP contribution is 2.33. The SMILES string of the molecule is CC.CCCOCCOCCOCCNC(=O)CCCC[C@@H]1SCC2NC(=O)NC21. The standard InChI is InChI=1S/C19H35N3O5S.C2H6/c1-2-8-25-10-12-27-13-11-26-9-7-20-17(23)6-4-3-5-16-18-15(14-28-16)21-19(24)22-18;1-2/h15-16,18H,2-14H2,1H3,(H,20,23)(H2,21,22,24);1-2H3/t15?,16-,18?;/m0./s1. The first kappa shape index (κ1) is 27.0. The minimum absolute atomic E-state index is 0.0468. The molecule has 2 heterocycles. The van der Waals surface area contributed by atoms with E-state index in [-0.39, 0.29) is 24.0 Å². The number of ether oxygens (including phenoxy) is 3. The van der Waals surface area contributed by atoms with Crippen LogP contribution in [-0.4, -0.2) is 81.2 Å². The van der Waals surface area contributed by atoms with Crippen molar-refractivity contribution in [3.8, 4) is 0 Å². The number of hydrogen-bond donors (Lipinski definition) is 3. The minimum Gasteiger partial charge on any atom is -0.379 e. The van der Waals surface area contributed by atoms with E-state index in [0.29, 0.717) is 51.2 Å². The molecule has 0 radical (unpaired) electrons. The molecule has 0 bridgehead atoms. The van der Waals surface area contributed by atoms with Gasteiger partial charge in [-0.15, -0.1) is 0 Å². The molecule has 176 valence electrons. The summed E-state index contributed by atoms with van der Waals surface area (Å²) >= 11 is 1.91. The van der Waals surface area contributed by atoms with Crippen molar-refractivity contribution in [1.82, 2.24) is 16.0 Å². The topological polar surface area (TPSA) is 97.9 Å². The van der Waals surface area contributed by atoms with E-state index in [1.54, 1.807) is 0 Å². The van der Waals surface area contributed by atoms with Gasteiger partial charge in [0.2, 0.25) is 5.91 Å². The molecule has 9 heteroatoms. The number of nitrogens with one attached hydrogen (secondary N) is 3. The van der Waals surface area contributed by atoms with E-state index in [4.69, 9.17) is 14.2 Å². The Morgan fingerprint density at radius 3 is 2.40 bits per heavy atom. The van der Waals surface area contributed by atoms with E-state index in [1.807, 2.05) is 25.6 Å². The van der Waals surface area contributed by atoms with Gasteiger partial charge in [0.15, 0.2) is 0 Å². The molecule has 0 saturated carbocycles. The molecule has 3 amide bonds. The fourth-order valence-corrected chi connectivity index (χ4v) is 4.85. The maximum atomic E-state index is 11.8. The Morgan fingerprint density at radius 2 is 1.70 bits per heavy atom. The van der Waals surface area contributed by atoms with E-state index in [1.165, 1.54) is 0 Å². The number of unbranched alkanes of at least 4 members (excludes halogenated alkanes) is 1. The van der Waals surface area contributed by atoms with Crippen molar-refractivity contribution >= 4 is 23.7 Å². The zero-order chi connectivity index (χ0) is 22.0. The summed E-state index contributed by atoms with van der Waals surface area (Å²) in [6.45, 7) is 10.1. The molecule has 0 aliphatic carbocycles. The molecule has 2 aliphatic rings. The van der Waals surface area contributed by atoms with Gasteiger partial charge >= 0.3 is 6.03 Å². The zero-order valence-corrected chi connectivity index (χ0v) is 19.7. The Balaban J connectivity index is 0.00000218. The van der Waals surface area contributed by atoms with Crippen molar-refractivity contribution in [1.29, 1.82) is 0 Å². The van der Waals surface area contributed by atoms with Crippen LogP contribution in [0.5, 0.6) is 0 Å². The molecule has 2 unspecified atom stereocenters. The number of thioether (sulfide) groups is 1. The quantitative estimate of drug-likeness (QED) is 0.248. The third kappa shape index (κ3) is 11.4. The second-order valence-electron chi connectivity index (χ2n) is 7.05. The maximum absolute atomic E-state index is 11.8. The van der Waals surface area contributed by atoms with Crippen LogP contribution in [0, 0.1) is 0 Å². The van der Waals surface area contributed by atoms with Crippen LogP contribution in [0.15, 0.2) is 0 Å². The first-order valence-corrected chi connectivity index (χ1v) is 12.4. The van der Waals surface area contributed by atoms with E-state index in [2.05, 4.69) is 22.9 Å². The third-order valence-electron chi connectivity index (χ3n) is 4.74. The zero-order valence-electron chi connectivity index (χ0n) is 18.9. The van der Waals surface area contributed by atoms with Gasteiger partial charge in [0.1, 0.15) is 0 Å². The Kier molecular flexibility index (Phi) is 15.9. The second-order valence-corrected chi connectivity index (χ2v) is 8.33. The van der Waals surface area contributed by atoms with Gasteiger partial charge in [0.25, 0.3) is 0 Å². The predicted molar refractivity (Wildman–Crippen MR) is 121 cm³/mol. The summed E-state index contributed by atoms with van der Waals surface area (Å²) in [5, 5.41) is 9.29. The van der Waals surface area contributed by atoms with Crippen LogP contribution in [0.1, 0.15) is 52.9 Å². The number of urea groups is 1. The molecule has 2 saturated heterocycles. The molecule has 0 aromatic rings. The molecular weight excluding hydrogens is 406 g/mol. The maximum Gasteiger partial charge on any atom is 0.315 e. The summed E-state index contributed by atoms with van der Waals surface area (Å²) in [4.78, 5) is 23.2. The van der Waals surface area contributed by atoms with Crippen molar-refractivity contribution in [2.24, 2.45) is 0 Å². The van der Waals surface area contributed by atoms with E-state index >= 15 is 0 Å². The first-order chi connectivity index (χ1) is 14.7. The lowest BCUT2D eigenvalue weighted by Crippen LogP contribution is -2.36. The number of amides is 3. The first-order valence-electron chi connectivity index (χ1n) is 11.4. The highest BCUT2D eigenvalue weighted by molar-refractivity contribution is 8.00. The van der Waals surface area contributed by atoms with E-state index in [9.17, 15) is 9.59 Å². The third-order valence-corrected chi connectivity index (χ3v) is 6.25. The van der Waals surface area contributed by atoms with Crippen LogP contribution >= 0.6 is 11.8 Å². The van der Waals surface area contributed by atoms with Crippen LogP contribution in [0.4, 0.5) is 4.79 Å². The van der Waals surface area contributed by atoms with Gasteiger partial charge in [0, 0.05) is 30.6 Å². The van der Waals surface area contributed by atoms with Crippen LogP contribution in [0.25, 0.3) is 0 Å². The fourth-order valence-electron chi connectivity index (χ4n) is 3.31. The molecule has 2 fully saturated rings. The van der Waals surface area contributed by atoms with Gasteiger partial charge < -0.3 is 30.2 Å². The Labute approximate surface area is 185 Å². The molecule has 3 N–H and O–H groups in total. The normalized spacial score (nSPS) is 22.0. The lowest BCUT2D eigenvalue weighted by Gasteiger charge is -2.16. The predicted octanol–water partition coefficient (Wildman–Crippen LogP) is 2.31. The summed E-state index contributed by atoms with van der Waals surface area (Å²) in [6, 6.07) is 0.469. The van der Waals surface area contributed by atoms with E-state index in [0.717, 1.165) is 38.0 Å².